The molecule has 1 heterocycles. The normalized spacial score (nSPS) is 13.7. The number of carbonyl (C=O) groups is 1. The highest BCUT2D eigenvalue weighted by atomic mass is 35.5. The molecule has 108 valence electrons. The summed E-state index contributed by atoms with van der Waals surface area (Å²) < 4.78 is 13.6. The third-order valence-corrected chi connectivity index (χ3v) is 2.96. The number of para-hydroxylation sites is 2. The van der Waals surface area contributed by atoms with Crippen LogP contribution in [0.3, 0.4) is 0 Å². The van der Waals surface area contributed by atoms with Crippen molar-refractivity contribution in [2.45, 2.75) is 0 Å². The number of halogens is 2. The number of nitrogens with zero attached hydrogens (tertiary/aromatic N) is 2. The first-order valence-electron chi connectivity index (χ1n) is 6.20. The Hall–Kier alpha value is -2.40. The molecule has 0 fully saturated rings. The minimum absolute atomic E-state index is 0. The molecule has 6 heteroatoms. The number of hydrogen-bond donors (Lipinski definition) is 1. The molecule has 0 saturated heterocycles. The number of rotatable bonds is 2. The third kappa shape index (κ3) is 3.03. The van der Waals surface area contributed by atoms with Crippen LogP contribution in [0.2, 0.25) is 0 Å². The van der Waals surface area contributed by atoms with E-state index in [1.807, 2.05) is 30.3 Å². The van der Waals surface area contributed by atoms with Crippen LogP contribution in [0.1, 0.15) is 0 Å². The molecule has 4 nitrogen and oxygen atoms in total. The van der Waals surface area contributed by atoms with Gasteiger partial charge >= 0.3 is 0 Å². The second-order valence-electron chi connectivity index (χ2n) is 4.31. The Morgan fingerprint density at radius 3 is 2.43 bits per heavy atom. The number of aliphatic imine (C=N–C) groups is 1. The molecule has 0 unspecified atom stereocenters. The summed E-state index contributed by atoms with van der Waals surface area (Å²) >= 11 is 0. The van der Waals surface area contributed by atoms with Gasteiger partial charge in [0.2, 0.25) is 5.96 Å². The largest absolute Gasteiger partial charge is 0.323 e. The summed E-state index contributed by atoms with van der Waals surface area (Å²) in [5, 5.41) is 2.87. The van der Waals surface area contributed by atoms with E-state index in [-0.39, 0.29) is 30.7 Å². The Morgan fingerprint density at radius 1 is 1.05 bits per heavy atom. The van der Waals surface area contributed by atoms with Crippen molar-refractivity contribution in [1.29, 1.82) is 0 Å². The quantitative estimate of drug-likeness (QED) is 0.927. The molecule has 3 rings (SSSR count). The lowest BCUT2D eigenvalue weighted by Crippen LogP contribution is -2.37. The van der Waals surface area contributed by atoms with Crippen molar-refractivity contribution >= 4 is 35.6 Å². The van der Waals surface area contributed by atoms with Crippen LogP contribution in [0.4, 0.5) is 15.8 Å². The van der Waals surface area contributed by atoms with Gasteiger partial charge in [0, 0.05) is 0 Å². The Balaban J connectivity index is 0.00000161. The van der Waals surface area contributed by atoms with Crippen molar-refractivity contribution in [2.75, 3.05) is 16.8 Å². The summed E-state index contributed by atoms with van der Waals surface area (Å²) in [7, 11) is 0. The maximum absolute atomic E-state index is 13.6. The van der Waals surface area contributed by atoms with Crippen molar-refractivity contribution in [3.8, 4) is 0 Å². The second kappa shape index (κ2) is 6.37. The summed E-state index contributed by atoms with van der Waals surface area (Å²) in [5.41, 5.74) is 1.000. The van der Waals surface area contributed by atoms with Gasteiger partial charge in [0.25, 0.3) is 5.91 Å². The maximum Gasteiger partial charge on any atom is 0.255 e. The summed E-state index contributed by atoms with van der Waals surface area (Å²) in [6.45, 7) is 0.0612. The molecule has 0 spiro atoms. The molecule has 0 atom stereocenters. The lowest BCUT2D eigenvalue weighted by atomic mass is 10.3. The van der Waals surface area contributed by atoms with Gasteiger partial charge in [-0.3, -0.25) is 4.79 Å². The number of carbonyl (C=O) groups excluding carboxylic acids is 1. The predicted molar refractivity (Wildman–Crippen MR) is 83.5 cm³/mol. The number of nitrogens with one attached hydrogen (secondary N) is 1. The van der Waals surface area contributed by atoms with Crippen LogP contribution in [-0.4, -0.2) is 18.4 Å². The molecule has 1 aliphatic heterocycles. The van der Waals surface area contributed by atoms with E-state index in [9.17, 15) is 9.18 Å². The van der Waals surface area contributed by atoms with Crippen molar-refractivity contribution in [3.05, 3.63) is 60.4 Å². The van der Waals surface area contributed by atoms with Crippen molar-refractivity contribution in [1.82, 2.24) is 0 Å². The van der Waals surface area contributed by atoms with Crippen molar-refractivity contribution in [3.63, 3.8) is 0 Å². The highest BCUT2D eigenvalue weighted by molar-refractivity contribution is 6.24. The first kappa shape index (κ1) is 15.0. The average Bonchev–Trinajstić information content (AvgIpc) is 2.83. The number of hydrogen-bond acceptors (Lipinski definition) is 3. The zero-order valence-electron chi connectivity index (χ0n) is 11.0. The number of amides is 1. The zero-order valence-corrected chi connectivity index (χ0v) is 11.8. The molecule has 0 aromatic heterocycles. The van der Waals surface area contributed by atoms with E-state index >= 15 is 0 Å². The first-order chi connectivity index (χ1) is 9.75. The van der Waals surface area contributed by atoms with Crippen LogP contribution in [0.15, 0.2) is 59.6 Å². The van der Waals surface area contributed by atoms with Gasteiger partial charge in [-0.2, -0.15) is 0 Å². The summed E-state index contributed by atoms with van der Waals surface area (Å²) in [6, 6.07) is 15.4. The molecule has 2 aromatic rings. The Bertz CT molecular complexity index is 676. The summed E-state index contributed by atoms with van der Waals surface area (Å²) in [4.78, 5) is 17.5. The van der Waals surface area contributed by atoms with Gasteiger partial charge in [0.05, 0.1) is 11.4 Å². The van der Waals surface area contributed by atoms with E-state index in [4.69, 9.17) is 0 Å². The van der Waals surface area contributed by atoms with Gasteiger partial charge in [-0.25, -0.2) is 14.3 Å². The van der Waals surface area contributed by atoms with Crippen LogP contribution >= 0.6 is 12.4 Å². The zero-order chi connectivity index (χ0) is 13.9. The fourth-order valence-electron chi connectivity index (χ4n) is 2.02. The fraction of sp³-hybridized carbons (Fsp3) is 0.0667. The summed E-state index contributed by atoms with van der Waals surface area (Å²) in [6.07, 6.45) is 0. The van der Waals surface area contributed by atoms with Gasteiger partial charge in [0.1, 0.15) is 12.4 Å². The number of benzene rings is 2. The Labute approximate surface area is 127 Å². The fourth-order valence-corrected chi connectivity index (χ4v) is 2.02. The number of anilines is 2. The second-order valence-corrected chi connectivity index (χ2v) is 4.31. The van der Waals surface area contributed by atoms with Gasteiger partial charge < -0.3 is 5.32 Å². The van der Waals surface area contributed by atoms with Crippen molar-refractivity contribution < 1.29 is 9.18 Å². The smallest absolute Gasteiger partial charge is 0.255 e. The average molecular weight is 306 g/mol. The SMILES string of the molecule is Cl.O=C1CN=C(Nc2ccccc2F)N1c1ccccc1. The molecule has 1 N–H and O–H groups in total. The van der Waals surface area contributed by atoms with Gasteiger partial charge in [0.15, 0.2) is 0 Å². The molecular weight excluding hydrogens is 293 g/mol. The lowest BCUT2D eigenvalue weighted by Gasteiger charge is -2.19. The number of guanidine groups is 1. The minimum Gasteiger partial charge on any atom is -0.323 e. The van der Waals surface area contributed by atoms with E-state index in [0.717, 1.165) is 0 Å². The molecule has 0 bridgehead atoms. The molecule has 0 radical (unpaired) electrons. The van der Waals surface area contributed by atoms with E-state index in [0.29, 0.717) is 17.3 Å². The molecule has 1 aliphatic rings. The first-order valence-corrected chi connectivity index (χ1v) is 6.20. The van der Waals surface area contributed by atoms with E-state index in [2.05, 4.69) is 10.3 Å². The standard InChI is InChI=1S/C15H12FN3O.ClH/c16-12-8-4-5-9-13(12)18-15-17-10-14(20)19(15)11-6-2-1-3-7-11;/h1-9H,10H2,(H,17,18);1H. The van der Waals surface area contributed by atoms with Gasteiger partial charge in [-0.1, -0.05) is 30.3 Å². The van der Waals surface area contributed by atoms with Gasteiger partial charge in [-0.15, -0.1) is 12.4 Å². The molecule has 2 aromatic carbocycles. The molecule has 1 amide bonds. The highest BCUT2D eigenvalue weighted by Gasteiger charge is 2.27. The molecule has 21 heavy (non-hydrogen) atoms. The van der Waals surface area contributed by atoms with E-state index in [1.165, 1.54) is 11.0 Å². The van der Waals surface area contributed by atoms with Crippen LogP contribution in [0, 0.1) is 5.82 Å². The summed E-state index contributed by atoms with van der Waals surface area (Å²) in [5.74, 6) is -0.191. The van der Waals surface area contributed by atoms with E-state index < -0.39 is 0 Å². The monoisotopic (exact) mass is 305 g/mol. The van der Waals surface area contributed by atoms with Crippen LogP contribution in [0.25, 0.3) is 0 Å². The van der Waals surface area contributed by atoms with Crippen LogP contribution in [-0.2, 0) is 4.79 Å². The molecule has 0 saturated carbocycles. The van der Waals surface area contributed by atoms with E-state index in [1.54, 1.807) is 18.2 Å². The Morgan fingerprint density at radius 2 is 1.71 bits per heavy atom. The lowest BCUT2D eigenvalue weighted by molar-refractivity contribution is -0.115. The minimum atomic E-state index is -0.387. The topological polar surface area (TPSA) is 44.7 Å². The molecular formula is C15H13ClFN3O. The van der Waals surface area contributed by atoms with Crippen LogP contribution in [0.5, 0.6) is 0 Å². The predicted octanol–water partition coefficient (Wildman–Crippen LogP) is 3.06. The maximum atomic E-state index is 13.6. The van der Waals surface area contributed by atoms with Gasteiger partial charge in [-0.05, 0) is 24.3 Å². The van der Waals surface area contributed by atoms with Crippen molar-refractivity contribution in [2.24, 2.45) is 4.99 Å². The van der Waals surface area contributed by atoms with Crippen LogP contribution < -0.4 is 10.2 Å². The highest BCUT2D eigenvalue weighted by Crippen LogP contribution is 2.20. The Kier molecular flexibility index (Phi) is 4.55. The third-order valence-electron chi connectivity index (χ3n) is 2.96. The molecule has 0 aliphatic carbocycles.